The number of benzene rings is 13. The molecule has 14 aromatic rings. The van der Waals surface area contributed by atoms with Crippen LogP contribution in [0.4, 0.5) is 34.1 Å². The van der Waals surface area contributed by atoms with Gasteiger partial charge in [0.1, 0.15) is 0 Å². The number of rotatable bonds is 11. The predicted octanol–water partition coefficient (Wildman–Crippen LogP) is 20.6. The van der Waals surface area contributed by atoms with E-state index in [2.05, 4.69) is 240 Å². The Labute approximate surface area is 472 Å². The van der Waals surface area contributed by atoms with Gasteiger partial charge in [-0.05, 0) is 158 Å². The second-order valence-electron chi connectivity index (χ2n) is 20.5. The van der Waals surface area contributed by atoms with Gasteiger partial charge in [-0.1, -0.05) is 224 Å². The van der Waals surface area contributed by atoms with Crippen LogP contribution < -0.4 is 9.80 Å². The zero-order valence-electron chi connectivity index (χ0n) is 47.6. The van der Waals surface area contributed by atoms with Crippen LogP contribution >= 0.6 is 0 Å². The van der Waals surface area contributed by atoms with E-state index in [9.17, 15) is 5.48 Å². The summed E-state index contributed by atoms with van der Waals surface area (Å²) in [4.78, 5) is 4.24. The Balaban J connectivity index is 0.857. The Morgan fingerprint density at radius 3 is 1.59 bits per heavy atom. The summed E-state index contributed by atoms with van der Waals surface area (Å²) in [6, 6.07) is 103. The first-order valence-corrected chi connectivity index (χ1v) is 27.3. The second kappa shape index (κ2) is 19.5. The summed E-state index contributed by atoms with van der Waals surface area (Å²) in [7, 11) is 0. The highest BCUT2D eigenvalue weighted by Crippen LogP contribution is 2.57. The van der Waals surface area contributed by atoms with Crippen molar-refractivity contribution in [3.8, 4) is 39.1 Å². The quantitative estimate of drug-likeness (QED) is 0.128. The van der Waals surface area contributed by atoms with Crippen molar-refractivity contribution >= 4 is 66.7 Å². The fourth-order valence-corrected chi connectivity index (χ4v) is 12.6. The minimum Gasteiger partial charge on any atom is -0.310 e. The number of nitrogens with zero attached hydrogens (tertiary/aromatic N) is 3. The summed E-state index contributed by atoms with van der Waals surface area (Å²) in [5.74, 6) is 0. The Kier molecular flexibility index (Phi) is 10.4. The molecule has 0 saturated carbocycles. The van der Waals surface area contributed by atoms with Crippen LogP contribution in [0.5, 0.6) is 0 Å². The van der Waals surface area contributed by atoms with Crippen molar-refractivity contribution in [3.63, 3.8) is 0 Å². The molecule has 0 unspecified atom stereocenters. The maximum absolute atomic E-state index is 9.94. The first-order valence-electron chi connectivity index (χ1n) is 29.3. The maximum Gasteiger partial charge on any atom is 0.0714 e. The van der Waals surface area contributed by atoms with Gasteiger partial charge in [0, 0.05) is 50.5 Å². The summed E-state index contributed by atoms with van der Waals surface area (Å²) in [6.45, 7) is 0. The van der Waals surface area contributed by atoms with Gasteiger partial charge in [-0.15, -0.1) is 0 Å². The Morgan fingerprint density at radius 1 is 0.300 bits per heavy atom. The molecule has 15 rings (SSSR count). The zero-order valence-corrected chi connectivity index (χ0v) is 43.6. The third kappa shape index (κ3) is 7.74. The van der Waals surface area contributed by atoms with E-state index < -0.39 is 5.41 Å². The minimum atomic E-state index is -0.688. The molecule has 0 radical (unpaired) electrons. The molecule has 3 heteroatoms. The van der Waals surface area contributed by atoms with Crippen LogP contribution in [-0.2, 0) is 5.41 Å². The van der Waals surface area contributed by atoms with Gasteiger partial charge in [-0.2, -0.15) is 0 Å². The molecule has 3 nitrogen and oxygen atoms in total. The first-order chi connectivity index (χ1) is 41.4. The van der Waals surface area contributed by atoms with E-state index in [1.165, 1.54) is 10.9 Å². The van der Waals surface area contributed by atoms with Crippen LogP contribution in [0.15, 0.2) is 321 Å². The second-order valence-corrected chi connectivity index (χ2v) is 20.5. The number of aromatic nitrogens is 1. The van der Waals surface area contributed by atoms with E-state index in [0.717, 1.165) is 94.6 Å². The Hall–Kier alpha value is -10.5. The van der Waals surface area contributed by atoms with Crippen molar-refractivity contribution in [2.75, 3.05) is 9.80 Å². The molecule has 376 valence electrons. The smallest absolute Gasteiger partial charge is 0.0714 e. The zero-order chi connectivity index (χ0) is 56.5. The number of fused-ring (bicyclic) bond motifs is 7. The van der Waals surface area contributed by atoms with E-state index in [4.69, 9.17) is 0 Å². The van der Waals surface area contributed by atoms with Crippen molar-refractivity contribution < 1.29 is 5.48 Å². The minimum absolute atomic E-state index is 0.118. The van der Waals surface area contributed by atoms with Gasteiger partial charge < -0.3 is 14.4 Å². The summed E-state index contributed by atoms with van der Waals surface area (Å²) < 4.78 is 41.9. The number of hydrogen-bond donors (Lipinski definition) is 0. The van der Waals surface area contributed by atoms with Crippen molar-refractivity contribution in [1.82, 2.24) is 4.57 Å². The maximum atomic E-state index is 9.94. The summed E-state index contributed by atoms with van der Waals surface area (Å²) in [6.07, 6.45) is 0. The average molecular weight is 1020 g/mol. The van der Waals surface area contributed by atoms with Crippen LogP contribution in [-0.4, -0.2) is 4.57 Å². The Bertz CT molecular complexity index is 4770. The molecule has 1 aromatic heterocycles. The number of hydrogen-bond acceptors (Lipinski definition) is 2. The van der Waals surface area contributed by atoms with Crippen LogP contribution in [0.25, 0.3) is 71.6 Å². The van der Waals surface area contributed by atoms with E-state index in [0.29, 0.717) is 11.3 Å². The fourth-order valence-electron chi connectivity index (χ4n) is 12.6. The van der Waals surface area contributed by atoms with E-state index >= 15 is 0 Å². The standard InChI is InChI=1S/C77H53N3/c1-6-22-55(23-7-1)67-32-17-20-36-74(67)79(65-47-49-76-71(52-65)70-34-18-21-37-75(70)80(76)62-30-14-5-15-31-62)64-45-42-57-50-56(38-39-58(57)51-64)54-40-43-63(44-41-54)78(61-28-12-4-13-29-61)66-46-48-69-68-33-16-19-35-72(68)77(73(69)53-66,59-24-8-2-9-25-59)60-26-10-3-11-27-60/h1-53H/i40D,41D,43D,44D. The molecule has 1 aliphatic carbocycles. The molecule has 0 aliphatic heterocycles. The van der Waals surface area contributed by atoms with Crippen LogP contribution in [0.2, 0.25) is 0 Å². The summed E-state index contributed by atoms with van der Waals surface area (Å²) in [5.41, 5.74) is 17.0. The lowest BCUT2D eigenvalue weighted by atomic mass is 9.67. The topological polar surface area (TPSA) is 11.4 Å². The highest BCUT2D eigenvalue weighted by Gasteiger charge is 2.46. The molecule has 0 N–H and O–H groups in total. The Morgan fingerprint density at radius 2 is 0.838 bits per heavy atom. The molecule has 1 aliphatic rings. The molecular formula is C77H53N3. The predicted molar refractivity (Wildman–Crippen MR) is 336 cm³/mol. The molecule has 0 fully saturated rings. The number of para-hydroxylation sites is 4. The van der Waals surface area contributed by atoms with Gasteiger partial charge in [0.2, 0.25) is 0 Å². The van der Waals surface area contributed by atoms with Crippen LogP contribution in [0.3, 0.4) is 0 Å². The van der Waals surface area contributed by atoms with Crippen LogP contribution in [0, 0.1) is 0 Å². The van der Waals surface area contributed by atoms with Crippen molar-refractivity contribution in [2.24, 2.45) is 0 Å². The highest BCUT2D eigenvalue weighted by molar-refractivity contribution is 6.11. The lowest BCUT2D eigenvalue weighted by Gasteiger charge is -2.35. The van der Waals surface area contributed by atoms with Crippen molar-refractivity contribution in [3.05, 3.63) is 344 Å². The SMILES string of the molecule is [2H]c1c([2H])c(N(c2ccccc2)c2ccc3c(c2)C(c2ccccc2)(c2ccccc2)c2ccccc2-3)c([2H])c([2H])c1-c1ccc2cc(N(c3ccc4c(c3)c3ccccc3n4-c3ccccc3)c3ccccc3-c3ccccc3)ccc2c1. The van der Waals surface area contributed by atoms with Crippen molar-refractivity contribution in [2.45, 2.75) is 5.41 Å². The van der Waals surface area contributed by atoms with Gasteiger partial charge in [-0.3, -0.25) is 0 Å². The molecule has 1 heterocycles. The largest absolute Gasteiger partial charge is 0.310 e. The monoisotopic (exact) mass is 1020 g/mol. The summed E-state index contributed by atoms with van der Waals surface area (Å²) >= 11 is 0. The fraction of sp³-hybridized carbons (Fsp3) is 0.0130. The number of anilines is 6. The van der Waals surface area contributed by atoms with E-state index in [-0.39, 0.29) is 35.4 Å². The average Bonchev–Trinajstić information content (AvgIpc) is 2.82. The van der Waals surface area contributed by atoms with Crippen LogP contribution in [0.1, 0.15) is 27.7 Å². The molecule has 13 aromatic carbocycles. The van der Waals surface area contributed by atoms with Gasteiger partial charge in [0.25, 0.3) is 0 Å². The van der Waals surface area contributed by atoms with Crippen molar-refractivity contribution in [1.29, 1.82) is 0 Å². The van der Waals surface area contributed by atoms with E-state index in [1.54, 1.807) is 0 Å². The highest BCUT2D eigenvalue weighted by atomic mass is 15.2. The van der Waals surface area contributed by atoms with Gasteiger partial charge in [-0.25, -0.2) is 0 Å². The molecule has 0 atom stereocenters. The third-order valence-electron chi connectivity index (χ3n) is 16.1. The molecule has 0 bridgehead atoms. The first kappa shape index (κ1) is 42.6. The molecule has 0 amide bonds. The molecule has 80 heavy (non-hydrogen) atoms. The van der Waals surface area contributed by atoms with E-state index in [1.807, 2.05) is 71.6 Å². The molecular weight excluding hydrogens is 967 g/mol. The lowest BCUT2D eigenvalue weighted by Crippen LogP contribution is -2.28. The lowest BCUT2D eigenvalue weighted by molar-refractivity contribution is 0.768. The molecule has 0 saturated heterocycles. The molecule has 0 spiro atoms. The summed E-state index contributed by atoms with van der Waals surface area (Å²) in [5, 5.41) is 4.17. The van der Waals surface area contributed by atoms with Gasteiger partial charge in [0.05, 0.1) is 27.6 Å². The normalized spacial score (nSPS) is 13.1. The third-order valence-corrected chi connectivity index (χ3v) is 16.1. The van der Waals surface area contributed by atoms with Gasteiger partial charge >= 0.3 is 0 Å². The van der Waals surface area contributed by atoms with Gasteiger partial charge in [0.15, 0.2) is 0 Å².